The van der Waals surface area contributed by atoms with Crippen LogP contribution in [0.5, 0.6) is 0 Å². The molecule has 0 amide bonds. The minimum absolute atomic E-state index is 0.171. The number of benzene rings is 4. The predicted molar refractivity (Wildman–Crippen MR) is 153 cm³/mol. The van der Waals surface area contributed by atoms with E-state index in [0.717, 1.165) is 11.3 Å². The van der Waals surface area contributed by atoms with Crippen molar-refractivity contribution >= 4 is 52.3 Å². The van der Waals surface area contributed by atoms with Crippen molar-refractivity contribution in [1.82, 2.24) is 0 Å². The summed E-state index contributed by atoms with van der Waals surface area (Å²) < 4.78 is 0. The molecule has 4 aromatic carbocycles. The van der Waals surface area contributed by atoms with E-state index in [2.05, 4.69) is 0 Å². The van der Waals surface area contributed by atoms with E-state index >= 15 is 0 Å². The highest BCUT2D eigenvalue weighted by atomic mass is 35.5. The van der Waals surface area contributed by atoms with Crippen LogP contribution in [0, 0.1) is 5.41 Å². The lowest BCUT2D eigenvalue weighted by molar-refractivity contribution is 0.0666. The number of carbonyl (C=O) groups excluding carboxylic acids is 3. The van der Waals surface area contributed by atoms with Crippen molar-refractivity contribution in [1.29, 1.82) is 0 Å². The number of hydrogen-bond acceptors (Lipinski definition) is 4. The van der Waals surface area contributed by atoms with Crippen LogP contribution in [-0.2, 0) is 0 Å². The summed E-state index contributed by atoms with van der Waals surface area (Å²) in [5.74, 6) is -1.51. The average Bonchev–Trinajstić information content (AvgIpc) is 3.39. The summed E-state index contributed by atoms with van der Waals surface area (Å²) in [6.07, 6.45) is 3.79. The third kappa shape index (κ3) is 3.28. The van der Waals surface area contributed by atoms with Gasteiger partial charge >= 0.3 is 0 Å². The molecule has 3 aliphatic rings. The van der Waals surface area contributed by atoms with Gasteiger partial charge in [-0.1, -0.05) is 102 Å². The molecule has 1 fully saturated rings. The highest BCUT2D eigenvalue weighted by molar-refractivity contribution is 6.33. The van der Waals surface area contributed by atoms with E-state index in [-0.39, 0.29) is 17.3 Å². The first-order valence-corrected chi connectivity index (χ1v) is 13.5. The number of hydrogen-bond donors (Lipinski definition) is 0. The second-order valence-corrected chi connectivity index (χ2v) is 11.1. The second kappa shape index (κ2) is 8.77. The predicted octanol–water partition coefficient (Wildman–Crippen LogP) is 7.31. The SMILES string of the molecule is O=C(c1ccccc1)[C@H]1[C@H](c2cccc(Cl)c2)C2(C(=O)c3ccccc3C2=O)[C@@H]2C=Cc3cc(Cl)ccc3N21. The summed E-state index contributed by atoms with van der Waals surface area (Å²) >= 11 is 12.8. The van der Waals surface area contributed by atoms with E-state index in [1.807, 2.05) is 53.5 Å². The van der Waals surface area contributed by atoms with Gasteiger partial charge in [-0.15, -0.1) is 0 Å². The van der Waals surface area contributed by atoms with Gasteiger partial charge in [0.1, 0.15) is 11.5 Å². The molecular formula is C33H21Cl2NO3. The topological polar surface area (TPSA) is 54.5 Å². The summed E-state index contributed by atoms with van der Waals surface area (Å²) in [7, 11) is 0. The number of ketones is 3. The average molecular weight is 550 g/mol. The lowest BCUT2D eigenvalue weighted by Gasteiger charge is -2.37. The zero-order valence-corrected chi connectivity index (χ0v) is 22.1. The monoisotopic (exact) mass is 549 g/mol. The third-order valence-corrected chi connectivity index (χ3v) is 8.77. The van der Waals surface area contributed by atoms with E-state index in [4.69, 9.17) is 23.2 Å². The van der Waals surface area contributed by atoms with Crippen molar-refractivity contribution in [3.05, 3.63) is 141 Å². The smallest absolute Gasteiger partial charge is 0.185 e. The molecule has 3 atom stereocenters. The van der Waals surface area contributed by atoms with Crippen molar-refractivity contribution in [3.8, 4) is 0 Å². The molecule has 190 valence electrons. The molecule has 4 nitrogen and oxygen atoms in total. The van der Waals surface area contributed by atoms with Crippen LogP contribution in [0.3, 0.4) is 0 Å². The number of Topliss-reactive ketones (excluding diaryl/α,β-unsaturated/α-hetero) is 3. The molecule has 1 spiro atoms. The first-order valence-electron chi connectivity index (χ1n) is 12.7. The van der Waals surface area contributed by atoms with Crippen LogP contribution < -0.4 is 4.90 Å². The molecule has 0 bridgehead atoms. The number of halogens is 2. The second-order valence-electron chi connectivity index (χ2n) is 10.2. The van der Waals surface area contributed by atoms with E-state index in [1.165, 1.54) is 0 Å². The van der Waals surface area contributed by atoms with E-state index in [0.29, 0.717) is 32.3 Å². The first-order chi connectivity index (χ1) is 18.9. The van der Waals surface area contributed by atoms with Crippen LogP contribution in [-0.4, -0.2) is 29.4 Å². The number of carbonyl (C=O) groups is 3. The minimum Gasteiger partial charge on any atom is -0.352 e. The fourth-order valence-corrected chi connectivity index (χ4v) is 7.17. The molecule has 1 saturated heterocycles. The Balaban J connectivity index is 1.56. The van der Waals surface area contributed by atoms with Gasteiger partial charge in [0, 0.05) is 38.3 Å². The van der Waals surface area contributed by atoms with Gasteiger partial charge in [0.05, 0.1) is 6.04 Å². The normalized spacial score (nSPS) is 22.1. The van der Waals surface area contributed by atoms with Gasteiger partial charge in [0.15, 0.2) is 17.3 Å². The van der Waals surface area contributed by atoms with Gasteiger partial charge in [0.2, 0.25) is 0 Å². The van der Waals surface area contributed by atoms with Gasteiger partial charge in [-0.05, 0) is 41.5 Å². The van der Waals surface area contributed by atoms with Crippen molar-refractivity contribution in [2.24, 2.45) is 5.41 Å². The largest absolute Gasteiger partial charge is 0.352 e. The molecule has 0 aromatic heterocycles. The van der Waals surface area contributed by atoms with Crippen molar-refractivity contribution in [2.75, 3.05) is 4.90 Å². The maximum absolute atomic E-state index is 14.6. The highest BCUT2D eigenvalue weighted by Crippen LogP contribution is 2.61. The zero-order chi connectivity index (χ0) is 26.9. The molecule has 4 aromatic rings. The Hall–Kier alpha value is -3.99. The van der Waals surface area contributed by atoms with Crippen LogP contribution in [0.2, 0.25) is 10.0 Å². The Morgan fingerprint density at radius 2 is 1.41 bits per heavy atom. The summed E-state index contributed by atoms with van der Waals surface area (Å²) in [6.45, 7) is 0. The van der Waals surface area contributed by atoms with Crippen LogP contribution in [0.15, 0.2) is 103 Å². The summed E-state index contributed by atoms with van der Waals surface area (Å²) in [5, 5.41) is 1.03. The fraction of sp³-hybridized carbons (Fsp3) is 0.121. The zero-order valence-electron chi connectivity index (χ0n) is 20.6. The summed E-state index contributed by atoms with van der Waals surface area (Å²) in [4.78, 5) is 45.7. The Morgan fingerprint density at radius 1 is 0.744 bits per heavy atom. The van der Waals surface area contributed by atoms with Gasteiger partial charge in [-0.25, -0.2) is 0 Å². The minimum atomic E-state index is -1.56. The van der Waals surface area contributed by atoms with Gasteiger partial charge in [-0.2, -0.15) is 0 Å². The van der Waals surface area contributed by atoms with Crippen LogP contribution in [0.4, 0.5) is 5.69 Å². The lowest BCUT2D eigenvalue weighted by atomic mass is 9.64. The van der Waals surface area contributed by atoms with Gasteiger partial charge < -0.3 is 4.90 Å². The quantitative estimate of drug-likeness (QED) is 0.198. The third-order valence-electron chi connectivity index (χ3n) is 8.30. The van der Waals surface area contributed by atoms with Crippen LogP contribution in [0.1, 0.15) is 48.1 Å². The molecule has 1 aliphatic carbocycles. The Kier molecular flexibility index (Phi) is 5.41. The van der Waals surface area contributed by atoms with Crippen LogP contribution >= 0.6 is 23.2 Å². The summed E-state index contributed by atoms with van der Waals surface area (Å²) in [6, 6.07) is 27.1. The van der Waals surface area contributed by atoms with Gasteiger partial charge in [0.25, 0.3) is 0 Å². The first kappa shape index (κ1) is 24.1. The number of anilines is 1. The fourth-order valence-electron chi connectivity index (χ4n) is 6.79. The molecule has 2 heterocycles. The lowest BCUT2D eigenvalue weighted by Crippen LogP contribution is -2.48. The van der Waals surface area contributed by atoms with Crippen LogP contribution in [0.25, 0.3) is 6.08 Å². The molecule has 39 heavy (non-hydrogen) atoms. The Morgan fingerprint density at radius 3 is 2.10 bits per heavy atom. The van der Waals surface area contributed by atoms with E-state index in [9.17, 15) is 14.4 Å². The van der Waals surface area contributed by atoms with Crippen molar-refractivity contribution in [2.45, 2.75) is 18.0 Å². The Labute approximate surface area is 235 Å². The molecule has 0 saturated carbocycles. The van der Waals surface area contributed by atoms with Gasteiger partial charge in [-0.3, -0.25) is 14.4 Å². The van der Waals surface area contributed by atoms with E-state index < -0.39 is 23.4 Å². The molecule has 0 unspecified atom stereocenters. The Bertz CT molecular complexity index is 1690. The molecule has 0 N–H and O–H groups in total. The number of rotatable bonds is 3. The van der Waals surface area contributed by atoms with E-state index in [1.54, 1.807) is 60.7 Å². The van der Waals surface area contributed by atoms with Crippen molar-refractivity contribution < 1.29 is 14.4 Å². The standard InChI is InChI=1S/C33H21Cl2NO3/c34-22-10-6-9-21(18-22)28-29(30(37)19-7-2-1-3-8-19)36-26-15-14-23(35)17-20(26)13-16-27(36)33(28)31(38)24-11-4-5-12-25(24)32(33)39/h1-18,27-29H/t27-,28-,29+/m0/s1. The van der Waals surface area contributed by atoms with Crippen molar-refractivity contribution in [3.63, 3.8) is 0 Å². The molecular weight excluding hydrogens is 529 g/mol. The molecule has 6 heteroatoms. The summed E-state index contributed by atoms with van der Waals surface area (Å²) in [5.41, 5.74) is 1.96. The highest BCUT2D eigenvalue weighted by Gasteiger charge is 2.71. The number of fused-ring (bicyclic) bond motifs is 5. The number of nitrogens with zero attached hydrogens (tertiary/aromatic N) is 1. The maximum Gasteiger partial charge on any atom is 0.185 e. The maximum atomic E-state index is 14.6. The molecule has 7 rings (SSSR count). The molecule has 2 aliphatic heterocycles. The molecule has 0 radical (unpaired) electrons.